The summed E-state index contributed by atoms with van der Waals surface area (Å²) in [4.78, 5) is 25.9. The van der Waals surface area contributed by atoms with Gasteiger partial charge in [0.1, 0.15) is 5.76 Å². The summed E-state index contributed by atoms with van der Waals surface area (Å²) < 4.78 is 16.9. The number of hydrogen-bond acceptors (Lipinski definition) is 7. The molecule has 9 heteroatoms. The van der Waals surface area contributed by atoms with Crippen LogP contribution in [0.15, 0.2) is 40.8 Å². The van der Waals surface area contributed by atoms with Crippen molar-refractivity contribution >= 4 is 28.5 Å². The molecule has 3 N–H and O–H groups in total. The molecule has 0 saturated carbocycles. The molecule has 0 radical (unpaired) electrons. The number of furan rings is 1. The lowest BCUT2D eigenvalue weighted by Crippen LogP contribution is -2.36. The molecule has 0 fully saturated rings. The van der Waals surface area contributed by atoms with E-state index in [1.54, 1.807) is 31.8 Å². The van der Waals surface area contributed by atoms with Gasteiger partial charge in [-0.3, -0.25) is 19.7 Å². The molecule has 2 heterocycles. The number of hydrogen-bond donors (Lipinski definition) is 3. The summed E-state index contributed by atoms with van der Waals surface area (Å²) in [5.41, 5.74) is 4.22. The van der Waals surface area contributed by atoms with Crippen molar-refractivity contribution in [2.75, 3.05) is 32.6 Å². The maximum absolute atomic E-state index is 12.5. The van der Waals surface area contributed by atoms with Crippen molar-refractivity contribution in [1.82, 2.24) is 10.4 Å². The van der Waals surface area contributed by atoms with Gasteiger partial charge in [-0.1, -0.05) is 0 Å². The monoisotopic (exact) mass is 425 g/mol. The van der Waals surface area contributed by atoms with Crippen LogP contribution in [0.3, 0.4) is 0 Å². The molecule has 2 amide bonds. The summed E-state index contributed by atoms with van der Waals surface area (Å²) in [7, 11) is 3.17. The first-order valence-electron chi connectivity index (χ1n) is 9.76. The van der Waals surface area contributed by atoms with Crippen LogP contribution in [-0.2, 0) is 17.8 Å². The second-order valence-corrected chi connectivity index (χ2v) is 7.21. The Labute approximate surface area is 178 Å². The fourth-order valence-corrected chi connectivity index (χ4v) is 3.83. The Kier molecular flexibility index (Phi) is 5.79. The number of fused-ring (bicyclic) bond motifs is 3. The normalized spacial score (nSPS) is 13.5. The summed E-state index contributed by atoms with van der Waals surface area (Å²) in [6, 6.07) is 10.1. The zero-order chi connectivity index (χ0) is 22.0. The molecule has 0 unspecified atom stereocenters. The van der Waals surface area contributed by atoms with E-state index in [2.05, 4.69) is 5.32 Å². The first-order valence-corrected chi connectivity index (χ1v) is 9.76. The molecular formula is C22H23N3O6. The number of carbonyl (C=O) groups is 2. The van der Waals surface area contributed by atoms with Gasteiger partial charge in [0.05, 0.1) is 27.3 Å². The topological polar surface area (TPSA) is 113 Å². The van der Waals surface area contributed by atoms with Crippen molar-refractivity contribution in [3.63, 3.8) is 0 Å². The number of amides is 2. The van der Waals surface area contributed by atoms with E-state index in [0.29, 0.717) is 34.9 Å². The van der Waals surface area contributed by atoms with E-state index in [4.69, 9.17) is 19.1 Å². The number of benzene rings is 2. The van der Waals surface area contributed by atoms with E-state index in [9.17, 15) is 9.59 Å². The highest BCUT2D eigenvalue weighted by molar-refractivity contribution is 5.95. The van der Waals surface area contributed by atoms with Gasteiger partial charge in [0, 0.05) is 28.7 Å². The van der Waals surface area contributed by atoms with Gasteiger partial charge in [0.15, 0.2) is 11.3 Å². The van der Waals surface area contributed by atoms with E-state index < -0.39 is 5.91 Å². The van der Waals surface area contributed by atoms with Gasteiger partial charge in [-0.2, -0.15) is 0 Å². The second-order valence-electron chi connectivity index (χ2n) is 7.21. The highest BCUT2D eigenvalue weighted by Crippen LogP contribution is 2.40. The van der Waals surface area contributed by atoms with Gasteiger partial charge in [0.25, 0.3) is 5.91 Å². The quantitative estimate of drug-likeness (QED) is 0.411. The molecule has 0 spiro atoms. The van der Waals surface area contributed by atoms with Crippen LogP contribution in [0.5, 0.6) is 11.5 Å². The summed E-state index contributed by atoms with van der Waals surface area (Å²) in [6.45, 7) is 1.44. The second kappa shape index (κ2) is 8.66. The Balaban J connectivity index is 1.44. The Hall–Kier alpha value is -3.56. The summed E-state index contributed by atoms with van der Waals surface area (Å²) >= 11 is 0. The highest BCUT2D eigenvalue weighted by atomic mass is 16.5. The molecule has 0 saturated heterocycles. The van der Waals surface area contributed by atoms with E-state index >= 15 is 0 Å². The van der Waals surface area contributed by atoms with Crippen LogP contribution in [0.4, 0.5) is 5.69 Å². The predicted octanol–water partition coefficient (Wildman–Crippen LogP) is 2.57. The number of ether oxygens (including phenoxy) is 2. The number of hydroxylamine groups is 1. The van der Waals surface area contributed by atoms with Crippen molar-refractivity contribution in [2.45, 2.75) is 13.0 Å². The van der Waals surface area contributed by atoms with Crippen LogP contribution in [0.25, 0.3) is 11.0 Å². The van der Waals surface area contributed by atoms with Crippen molar-refractivity contribution in [1.29, 1.82) is 0 Å². The zero-order valence-corrected chi connectivity index (χ0v) is 17.2. The highest BCUT2D eigenvalue weighted by Gasteiger charge is 2.26. The Bertz CT molecular complexity index is 1120. The predicted molar refractivity (Wildman–Crippen MR) is 113 cm³/mol. The number of nitrogens with one attached hydrogen (secondary N) is 2. The third-order valence-corrected chi connectivity index (χ3v) is 5.33. The van der Waals surface area contributed by atoms with E-state index in [0.717, 1.165) is 29.7 Å². The van der Waals surface area contributed by atoms with Crippen molar-refractivity contribution < 1.29 is 28.7 Å². The lowest BCUT2D eigenvalue weighted by molar-refractivity contribution is -0.117. The molecule has 162 valence electrons. The van der Waals surface area contributed by atoms with Crippen LogP contribution in [0.2, 0.25) is 0 Å². The minimum Gasteiger partial charge on any atom is -0.493 e. The van der Waals surface area contributed by atoms with Crippen molar-refractivity contribution in [3.8, 4) is 11.5 Å². The standard InChI is InChI=1S/C22H23N3O6/c1-29-17-8-7-16-15-9-10-25(11-18(15)31-20(16)21(17)30-2)12-19(26)23-14-5-3-13(4-6-14)22(27)24-28/h3-8,28H,9-12H2,1-2H3,(H,23,26)(H,24,27). The van der Waals surface area contributed by atoms with Gasteiger partial charge >= 0.3 is 0 Å². The van der Waals surface area contributed by atoms with Crippen LogP contribution in [0, 0.1) is 0 Å². The molecule has 9 nitrogen and oxygen atoms in total. The zero-order valence-electron chi connectivity index (χ0n) is 17.2. The fraction of sp³-hybridized carbons (Fsp3) is 0.273. The molecule has 0 atom stereocenters. The smallest absolute Gasteiger partial charge is 0.274 e. The van der Waals surface area contributed by atoms with Gasteiger partial charge in [-0.05, 0) is 42.8 Å². The average molecular weight is 425 g/mol. The lowest BCUT2D eigenvalue weighted by atomic mass is 10.0. The molecule has 3 aromatic rings. The lowest BCUT2D eigenvalue weighted by Gasteiger charge is -2.25. The first kappa shape index (κ1) is 20.7. The average Bonchev–Trinajstić information content (AvgIpc) is 3.15. The van der Waals surface area contributed by atoms with E-state index in [1.165, 1.54) is 12.1 Å². The third kappa shape index (κ3) is 4.05. The Morgan fingerprint density at radius 2 is 1.90 bits per heavy atom. The molecule has 1 aliphatic heterocycles. The Morgan fingerprint density at radius 1 is 1.13 bits per heavy atom. The maximum Gasteiger partial charge on any atom is 0.274 e. The molecule has 0 bridgehead atoms. The number of rotatable bonds is 6. The largest absolute Gasteiger partial charge is 0.493 e. The Morgan fingerprint density at radius 3 is 2.58 bits per heavy atom. The first-order chi connectivity index (χ1) is 15.0. The van der Waals surface area contributed by atoms with Crippen molar-refractivity contribution in [2.24, 2.45) is 0 Å². The molecular weight excluding hydrogens is 402 g/mol. The van der Waals surface area contributed by atoms with Gasteiger partial charge in [-0.25, -0.2) is 5.48 Å². The molecule has 2 aromatic carbocycles. The summed E-state index contributed by atoms with van der Waals surface area (Å²) in [5.74, 6) is 1.22. The maximum atomic E-state index is 12.5. The number of anilines is 1. The SMILES string of the molecule is COc1ccc2c3c(oc2c1OC)CN(CC(=O)Nc1ccc(C(=O)NO)cc1)CC3. The third-order valence-electron chi connectivity index (χ3n) is 5.33. The van der Waals surface area contributed by atoms with Crippen LogP contribution in [-0.4, -0.2) is 49.2 Å². The number of nitrogens with zero attached hydrogens (tertiary/aromatic N) is 1. The fourth-order valence-electron chi connectivity index (χ4n) is 3.83. The molecule has 4 rings (SSSR count). The molecule has 1 aliphatic rings. The molecule has 1 aromatic heterocycles. The minimum atomic E-state index is -0.609. The summed E-state index contributed by atoms with van der Waals surface area (Å²) in [6.07, 6.45) is 0.760. The van der Waals surface area contributed by atoms with Crippen LogP contribution >= 0.6 is 0 Å². The van der Waals surface area contributed by atoms with Crippen LogP contribution < -0.4 is 20.3 Å². The van der Waals surface area contributed by atoms with Gasteiger partial charge < -0.3 is 19.2 Å². The van der Waals surface area contributed by atoms with E-state index in [1.807, 2.05) is 17.0 Å². The number of methoxy groups -OCH3 is 2. The molecule has 0 aliphatic carbocycles. The van der Waals surface area contributed by atoms with Gasteiger partial charge in [-0.15, -0.1) is 0 Å². The summed E-state index contributed by atoms with van der Waals surface area (Å²) in [5, 5.41) is 12.5. The molecule has 31 heavy (non-hydrogen) atoms. The van der Waals surface area contributed by atoms with E-state index in [-0.39, 0.29) is 12.5 Å². The van der Waals surface area contributed by atoms with Crippen molar-refractivity contribution in [3.05, 3.63) is 53.3 Å². The van der Waals surface area contributed by atoms with Crippen LogP contribution in [0.1, 0.15) is 21.7 Å². The minimum absolute atomic E-state index is 0.168. The van der Waals surface area contributed by atoms with Gasteiger partial charge in [0.2, 0.25) is 11.7 Å². The number of carbonyl (C=O) groups excluding carboxylic acids is 2.